The topological polar surface area (TPSA) is 123 Å². The molecule has 18 heteroatoms. The summed E-state index contributed by atoms with van der Waals surface area (Å²) in [5.74, 6) is -7.79. The van der Waals surface area contributed by atoms with Crippen molar-refractivity contribution >= 4 is 11.8 Å². The highest BCUT2D eigenvalue weighted by Gasteiger charge is 2.53. The molecule has 0 spiro atoms. The number of rotatable bonds is 8. The Balaban J connectivity index is 1.55. The van der Waals surface area contributed by atoms with Gasteiger partial charge in [-0.2, -0.15) is 13.2 Å². The molecule has 5 rings (SSSR count). The Morgan fingerprint density at radius 3 is 2.34 bits per heavy atom. The fourth-order valence-corrected chi connectivity index (χ4v) is 7.75. The van der Waals surface area contributed by atoms with Crippen LogP contribution in [-0.4, -0.2) is 84.3 Å². The molecular weight excluding hydrogens is 668 g/mol. The maximum absolute atomic E-state index is 14.2. The van der Waals surface area contributed by atoms with E-state index in [1.165, 1.54) is 13.3 Å². The molecule has 1 aliphatic heterocycles. The molecule has 1 aliphatic carbocycles. The van der Waals surface area contributed by atoms with Gasteiger partial charge in [-0.3, -0.25) is 4.98 Å². The van der Waals surface area contributed by atoms with Crippen LogP contribution in [0, 0.1) is 24.4 Å². The maximum Gasteiger partial charge on any atom is 0.416 e. The molecule has 0 radical (unpaired) electrons. The van der Waals surface area contributed by atoms with Crippen molar-refractivity contribution in [3.63, 3.8) is 0 Å². The SMILES string of the molecule is CO[C@@H]1[C@@H](n2cc(-c3cc(F)c(F)c(F)c3)nn2)[C@@H](O)[C@@H](CO)O[C@H]1S[C@H](c1nccc(C(F)(F)F)c1C)C1(O)CCC(F)(F)CC1. The Labute approximate surface area is 266 Å². The van der Waals surface area contributed by atoms with E-state index in [2.05, 4.69) is 15.3 Å². The van der Waals surface area contributed by atoms with Crippen molar-refractivity contribution < 1.29 is 59.9 Å². The second-order valence-electron chi connectivity index (χ2n) is 11.6. The molecule has 1 saturated carbocycles. The number of thioether (sulfide) groups is 1. The average Bonchev–Trinajstić information content (AvgIpc) is 3.50. The number of alkyl halides is 5. The lowest BCUT2D eigenvalue weighted by Crippen LogP contribution is -2.56. The van der Waals surface area contributed by atoms with E-state index in [9.17, 15) is 50.4 Å². The molecule has 6 atom stereocenters. The van der Waals surface area contributed by atoms with Gasteiger partial charge in [0, 0.05) is 31.7 Å². The van der Waals surface area contributed by atoms with Gasteiger partial charge in [0.15, 0.2) is 17.5 Å². The predicted molar refractivity (Wildman–Crippen MR) is 150 cm³/mol. The number of benzene rings is 1. The third-order valence-corrected chi connectivity index (χ3v) is 10.2. The van der Waals surface area contributed by atoms with Crippen LogP contribution < -0.4 is 0 Å². The number of ether oxygens (including phenoxy) is 2. The molecule has 3 heterocycles. The molecule has 0 amide bonds. The highest BCUT2D eigenvalue weighted by atomic mass is 32.2. The van der Waals surface area contributed by atoms with Gasteiger partial charge in [-0.05, 0) is 43.5 Å². The Morgan fingerprint density at radius 2 is 1.77 bits per heavy atom. The second-order valence-corrected chi connectivity index (χ2v) is 12.8. The van der Waals surface area contributed by atoms with Crippen LogP contribution in [0.15, 0.2) is 30.6 Å². The van der Waals surface area contributed by atoms with Gasteiger partial charge in [-0.25, -0.2) is 26.6 Å². The number of methoxy groups -OCH3 is 1. The van der Waals surface area contributed by atoms with Crippen molar-refractivity contribution in [1.29, 1.82) is 0 Å². The summed E-state index contributed by atoms with van der Waals surface area (Å²) in [7, 11) is 1.21. The van der Waals surface area contributed by atoms with E-state index in [0.29, 0.717) is 12.1 Å². The zero-order valence-corrected chi connectivity index (χ0v) is 25.6. The Hall–Kier alpha value is -2.90. The van der Waals surface area contributed by atoms with Crippen molar-refractivity contribution in [3.8, 4) is 11.3 Å². The summed E-state index contributed by atoms with van der Waals surface area (Å²) in [5, 5.41) is 39.4. The van der Waals surface area contributed by atoms with Crippen LogP contribution in [0.3, 0.4) is 0 Å². The fourth-order valence-electron chi connectivity index (χ4n) is 6.00. The standard InChI is InChI=1S/C29H30F8N4O5S/c1-13-15(29(35,36)37)3-8-38-21(13)25(27(44)4-6-28(33,34)7-5-27)47-26-24(45-2)22(23(43)19(12-42)46-26)41-11-18(39-40-41)14-9-16(30)20(32)17(31)10-14/h3,8-11,19,22-26,42-44H,4-7,12H2,1-2H3/t19-,22+,23+,24-,25-,26+/m1/s1. The number of aliphatic hydroxyl groups is 3. The number of pyridine rings is 1. The summed E-state index contributed by atoms with van der Waals surface area (Å²) in [5.41, 5.74) is -5.25. The third kappa shape index (κ3) is 6.98. The Morgan fingerprint density at radius 1 is 1.13 bits per heavy atom. The summed E-state index contributed by atoms with van der Waals surface area (Å²) < 4.78 is 124. The van der Waals surface area contributed by atoms with E-state index < -0.39 is 108 Å². The molecule has 47 heavy (non-hydrogen) atoms. The fraction of sp³-hybridized carbons (Fsp3) is 0.552. The minimum absolute atomic E-state index is 0.139. The van der Waals surface area contributed by atoms with Gasteiger partial charge < -0.3 is 24.8 Å². The molecule has 3 N–H and O–H groups in total. The summed E-state index contributed by atoms with van der Waals surface area (Å²) in [4.78, 5) is 4.14. The van der Waals surface area contributed by atoms with Gasteiger partial charge in [0.25, 0.3) is 0 Å². The van der Waals surface area contributed by atoms with Crippen molar-refractivity contribution in [2.24, 2.45) is 0 Å². The van der Waals surface area contributed by atoms with E-state index in [-0.39, 0.29) is 22.5 Å². The quantitative estimate of drug-likeness (QED) is 0.217. The molecule has 2 aromatic heterocycles. The number of nitrogens with zero attached hydrogens (tertiary/aromatic N) is 4. The van der Waals surface area contributed by atoms with Crippen molar-refractivity contribution in [2.45, 2.75) is 85.3 Å². The number of hydrogen-bond acceptors (Lipinski definition) is 9. The van der Waals surface area contributed by atoms with Gasteiger partial charge in [-0.15, -0.1) is 16.9 Å². The van der Waals surface area contributed by atoms with Crippen LogP contribution in [0.4, 0.5) is 35.1 Å². The van der Waals surface area contributed by atoms with Gasteiger partial charge in [-0.1, -0.05) is 5.21 Å². The third-order valence-electron chi connectivity index (χ3n) is 8.59. The lowest BCUT2D eigenvalue weighted by atomic mass is 9.78. The minimum Gasteiger partial charge on any atom is -0.394 e. The predicted octanol–water partition coefficient (Wildman–Crippen LogP) is 5.13. The zero-order valence-electron chi connectivity index (χ0n) is 24.8. The van der Waals surface area contributed by atoms with Gasteiger partial charge in [0.1, 0.15) is 35.5 Å². The molecule has 258 valence electrons. The lowest BCUT2D eigenvalue weighted by molar-refractivity contribution is -0.186. The zero-order chi connectivity index (χ0) is 34.5. The van der Waals surface area contributed by atoms with Crippen molar-refractivity contribution in [2.75, 3.05) is 13.7 Å². The molecule has 1 saturated heterocycles. The highest BCUT2D eigenvalue weighted by Crippen LogP contribution is 2.53. The smallest absolute Gasteiger partial charge is 0.394 e. The molecule has 1 aromatic carbocycles. The van der Waals surface area contributed by atoms with Crippen molar-refractivity contribution in [3.05, 3.63) is 64.9 Å². The van der Waals surface area contributed by atoms with Crippen LogP contribution in [0.1, 0.15) is 53.8 Å². The molecule has 2 aliphatic rings. The number of aromatic nitrogens is 4. The molecule has 3 aromatic rings. The average molecular weight is 699 g/mol. The molecule has 0 unspecified atom stereocenters. The lowest BCUT2D eigenvalue weighted by Gasteiger charge is -2.47. The normalized spacial score (nSPS) is 26.7. The first-order valence-electron chi connectivity index (χ1n) is 14.3. The molecular formula is C29H30F8N4O5S. The first-order chi connectivity index (χ1) is 22.0. The van der Waals surface area contributed by atoms with Gasteiger partial charge >= 0.3 is 6.18 Å². The van der Waals surface area contributed by atoms with Crippen LogP contribution in [0.25, 0.3) is 11.3 Å². The summed E-state index contributed by atoms with van der Waals surface area (Å²) in [6.07, 6.45) is -9.39. The van der Waals surface area contributed by atoms with E-state index in [1.54, 1.807) is 0 Å². The molecule has 9 nitrogen and oxygen atoms in total. The van der Waals surface area contributed by atoms with Crippen LogP contribution in [-0.2, 0) is 15.7 Å². The first kappa shape index (κ1) is 35.4. The van der Waals surface area contributed by atoms with Crippen LogP contribution >= 0.6 is 11.8 Å². The van der Waals surface area contributed by atoms with Crippen molar-refractivity contribution in [1.82, 2.24) is 20.0 Å². The van der Waals surface area contributed by atoms with E-state index in [1.807, 2.05) is 0 Å². The van der Waals surface area contributed by atoms with E-state index in [0.717, 1.165) is 35.6 Å². The largest absolute Gasteiger partial charge is 0.416 e. The van der Waals surface area contributed by atoms with Crippen LogP contribution in [0.2, 0.25) is 0 Å². The number of hydrogen-bond donors (Lipinski definition) is 3. The second kappa shape index (κ2) is 13.2. The summed E-state index contributed by atoms with van der Waals surface area (Å²) in [6, 6.07) is 0.852. The monoisotopic (exact) mass is 698 g/mol. The van der Waals surface area contributed by atoms with Gasteiger partial charge in [0.2, 0.25) is 5.92 Å². The molecule has 2 fully saturated rings. The summed E-state index contributed by atoms with van der Waals surface area (Å²) >= 11 is 0.722. The Bertz CT molecular complexity index is 1560. The number of halogens is 8. The summed E-state index contributed by atoms with van der Waals surface area (Å²) in [6.45, 7) is 0.374. The van der Waals surface area contributed by atoms with E-state index in [4.69, 9.17) is 9.47 Å². The highest BCUT2D eigenvalue weighted by molar-refractivity contribution is 8.00. The Kier molecular flexibility index (Phi) is 9.94. The van der Waals surface area contributed by atoms with Gasteiger partial charge in [0.05, 0.1) is 34.9 Å². The first-order valence-corrected chi connectivity index (χ1v) is 15.3. The minimum atomic E-state index is -4.80. The molecule has 0 bridgehead atoms. The number of aliphatic hydroxyl groups excluding tert-OH is 2. The van der Waals surface area contributed by atoms with E-state index >= 15 is 0 Å². The maximum atomic E-state index is 14.2. The van der Waals surface area contributed by atoms with Crippen LogP contribution in [0.5, 0.6) is 0 Å².